The highest BCUT2D eigenvalue weighted by Gasteiger charge is 2.37. The zero-order valence-electron chi connectivity index (χ0n) is 28.9. The number of aromatic nitrogens is 2. The molecule has 0 aliphatic heterocycles. The number of pyridine rings is 1. The molecular weight excluding hydrogens is 631 g/mol. The van der Waals surface area contributed by atoms with Crippen molar-refractivity contribution in [1.82, 2.24) is 9.55 Å². The Balaban J connectivity index is 1.32. The van der Waals surface area contributed by atoms with Crippen LogP contribution in [0.2, 0.25) is 0 Å². The van der Waals surface area contributed by atoms with Crippen molar-refractivity contribution in [3.8, 4) is 56.4 Å². The van der Waals surface area contributed by atoms with Gasteiger partial charge in [-0.2, -0.15) is 5.26 Å². The van der Waals surface area contributed by atoms with Crippen molar-refractivity contribution in [2.75, 3.05) is 0 Å². The van der Waals surface area contributed by atoms with E-state index in [-0.39, 0.29) is 5.41 Å². The first-order valence-corrected chi connectivity index (χ1v) is 17.8. The highest BCUT2D eigenvalue weighted by atomic mass is 15.0. The number of nitriles is 1. The summed E-state index contributed by atoms with van der Waals surface area (Å²) in [6, 6.07) is 60.5. The Morgan fingerprint density at radius 1 is 0.538 bits per heavy atom. The minimum Gasteiger partial charge on any atom is -0.309 e. The van der Waals surface area contributed by atoms with E-state index in [1.165, 1.54) is 38.5 Å². The summed E-state index contributed by atoms with van der Waals surface area (Å²) in [6.45, 7) is 4.68. The Labute approximate surface area is 302 Å². The van der Waals surface area contributed by atoms with Crippen LogP contribution in [0.1, 0.15) is 30.5 Å². The smallest absolute Gasteiger partial charge is 0.0991 e. The van der Waals surface area contributed by atoms with Gasteiger partial charge in [0.25, 0.3) is 0 Å². The number of benzene rings is 7. The second kappa shape index (κ2) is 11.4. The van der Waals surface area contributed by atoms with Gasteiger partial charge < -0.3 is 4.57 Å². The lowest BCUT2D eigenvalue weighted by Gasteiger charge is -2.21. The normalized spacial score (nSPS) is 12.9. The minimum absolute atomic E-state index is 0.130. The third kappa shape index (κ3) is 4.48. The number of hydrogen-bond donors (Lipinski definition) is 0. The van der Waals surface area contributed by atoms with E-state index in [1.807, 2.05) is 18.2 Å². The lowest BCUT2D eigenvalue weighted by atomic mass is 9.82. The second-order valence-electron chi connectivity index (χ2n) is 14.3. The fraction of sp³-hybridized carbons (Fsp3) is 0.0612. The molecule has 0 amide bonds. The van der Waals surface area contributed by atoms with Crippen LogP contribution in [-0.2, 0) is 5.41 Å². The first-order valence-electron chi connectivity index (χ1n) is 17.8. The molecule has 0 radical (unpaired) electrons. The largest absolute Gasteiger partial charge is 0.309 e. The standard InChI is InChI=1S/C49H33N3/c1-49(2)42-20-9-6-19-40(42)47-43(49)24-23-39-38-18-8-11-22-46(38)52(48(39)47)36-27-34(33-16-12-13-31(25-33)30-50)26-35(28-36)45-29-41(32-14-4-3-5-15-32)37-17-7-10-21-44(37)51-45/h3-29H,1-2H3. The van der Waals surface area contributed by atoms with Crippen LogP contribution >= 0.6 is 0 Å². The van der Waals surface area contributed by atoms with Crippen LogP contribution in [0.5, 0.6) is 0 Å². The number of nitrogens with zero attached hydrogens (tertiary/aromatic N) is 3. The molecule has 1 aliphatic rings. The van der Waals surface area contributed by atoms with Gasteiger partial charge in [-0.05, 0) is 87.5 Å². The van der Waals surface area contributed by atoms with Crippen LogP contribution in [0.25, 0.3) is 83.0 Å². The van der Waals surface area contributed by atoms with Gasteiger partial charge in [0.15, 0.2) is 0 Å². The van der Waals surface area contributed by atoms with E-state index in [0.717, 1.165) is 55.6 Å². The summed E-state index contributed by atoms with van der Waals surface area (Å²) in [5.41, 5.74) is 16.4. The zero-order chi connectivity index (χ0) is 35.0. The van der Waals surface area contributed by atoms with Gasteiger partial charge in [-0.1, -0.05) is 129 Å². The third-order valence-corrected chi connectivity index (χ3v) is 11.0. The van der Waals surface area contributed by atoms with Crippen LogP contribution in [0.4, 0.5) is 0 Å². The van der Waals surface area contributed by atoms with Crippen molar-refractivity contribution in [3.05, 3.63) is 180 Å². The Kier molecular flexibility index (Phi) is 6.59. The molecule has 0 spiro atoms. The van der Waals surface area contributed by atoms with Crippen LogP contribution in [0.15, 0.2) is 164 Å². The van der Waals surface area contributed by atoms with Crippen molar-refractivity contribution in [2.45, 2.75) is 19.3 Å². The summed E-state index contributed by atoms with van der Waals surface area (Å²) < 4.78 is 2.46. The average Bonchev–Trinajstić information content (AvgIpc) is 3.66. The van der Waals surface area contributed by atoms with Crippen LogP contribution < -0.4 is 0 Å². The molecule has 1 aliphatic carbocycles. The van der Waals surface area contributed by atoms with Crippen molar-refractivity contribution < 1.29 is 0 Å². The minimum atomic E-state index is -0.130. The summed E-state index contributed by atoms with van der Waals surface area (Å²) in [6.07, 6.45) is 0. The van der Waals surface area contributed by atoms with E-state index in [0.29, 0.717) is 5.56 Å². The molecular formula is C49H33N3. The molecule has 3 heteroatoms. The van der Waals surface area contributed by atoms with Gasteiger partial charge in [0.1, 0.15) is 0 Å². The fourth-order valence-corrected chi connectivity index (χ4v) is 8.51. The summed E-state index contributed by atoms with van der Waals surface area (Å²) in [4.78, 5) is 5.29. The summed E-state index contributed by atoms with van der Waals surface area (Å²) in [7, 11) is 0. The summed E-state index contributed by atoms with van der Waals surface area (Å²) in [5.74, 6) is 0. The highest BCUT2D eigenvalue weighted by molar-refractivity contribution is 6.15. The average molecular weight is 664 g/mol. The number of rotatable bonds is 4. The predicted octanol–water partition coefficient (Wildman–Crippen LogP) is 12.5. The van der Waals surface area contributed by atoms with Crippen LogP contribution in [0, 0.1) is 11.3 Å². The molecule has 7 aromatic carbocycles. The Hall–Kier alpha value is -6.76. The van der Waals surface area contributed by atoms with Crippen molar-refractivity contribution >= 4 is 32.7 Å². The predicted molar refractivity (Wildman–Crippen MR) is 215 cm³/mol. The summed E-state index contributed by atoms with van der Waals surface area (Å²) in [5, 5.41) is 13.4. The maximum atomic E-state index is 9.87. The van der Waals surface area contributed by atoms with E-state index < -0.39 is 0 Å². The maximum Gasteiger partial charge on any atom is 0.0991 e. The van der Waals surface area contributed by atoms with Crippen molar-refractivity contribution in [3.63, 3.8) is 0 Å². The van der Waals surface area contributed by atoms with Crippen molar-refractivity contribution in [2.24, 2.45) is 0 Å². The van der Waals surface area contributed by atoms with Gasteiger partial charge in [0.05, 0.1) is 33.9 Å². The molecule has 52 heavy (non-hydrogen) atoms. The molecule has 0 N–H and O–H groups in total. The van der Waals surface area contributed by atoms with Crippen LogP contribution in [-0.4, -0.2) is 9.55 Å². The molecule has 0 unspecified atom stereocenters. The van der Waals surface area contributed by atoms with Gasteiger partial charge in [0.2, 0.25) is 0 Å². The highest BCUT2D eigenvalue weighted by Crippen LogP contribution is 2.53. The van der Waals surface area contributed by atoms with Gasteiger partial charge >= 0.3 is 0 Å². The monoisotopic (exact) mass is 663 g/mol. The number of hydrogen-bond acceptors (Lipinski definition) is 2. The molecule has 0 atom stereocenters. The van der Waals surface area contributed by atoms with Crippen molar-refractivity contribution in [1.29, 1.82) is 5.26 Å². The number of fused-ring (bicyclic) bond motifs is 8. The Morgan fingerprint density at radius 3 is 2.13 bits per heavy atom. The first kappa shape index (κ1) is 30.1. The topological polar surface area (TPSA) is 41.6 Å². The van der Waals surface area contributed by atoms with Gasteiger partial charge in [-0.25, -0.2) is 4.98 Å². The molecule has 244 valence electrons. The van der Waals surface area contributed by atoms with E-state index in [1.54, 1.807) is 0 Å². The molecule has 0 saturated heterocycles. The lowest BCUT2D eigenvalue weighted by Crippen LogP contribution is -2.14. The van der Waals surface area contributed by atoms with E-state index in [2.05, 4.69) is 170 Å². The first-order chi connectivity index (χ1) is 25.5. The molecule has 2 heterocycles. The molecule has 0 saturated carbocycles. The SMILES string of the molecule is CC1(C)c2ccccc2-c2c1ccc1c3ccccc3n(-c3cc(-c4cccc(C#N)c4)cc(-c4cc(-c5ccccc5)c5ccccc5n4)c3)c21. The molecule has 0 fully saturated rings. The fourth-order valence-electron chi connectivity index (χ4n) is 8.51. The Morgan fingerprint density at radius 2 is 1.27 bits per heavy atom. The molecule has 3 nitrogen and oxygen atoms in total. The van der Waals surface area contributed by atoms with E-state index >= 15 is 0 Å². The summed E-state index contributed by atoms with van der Waals surface area (Å²) >= 11 is 0. The van der Waals surface area contributed by atoms with E-state index in [9.17, 15) is 5.26 Å². The second-order valence-corrected chi connectivity index (χ2v) is 14.3. The molecule has 0 bridgehead atoms. The van der Waals surface area contributed by atoms with Crippen LogP contribution in [0.3, 0.4) is 0 Å². The Bertz CT molecular complexity index is 2940. The van der Waals surface area contributed by atoms with E-state index in [4.69, 9.17) is 4.98 Å². The molecule has 10 rings (SSSR count). The van der Waals surface area contributed by atoms with Gasteiger partial charge in [-0.15, -0.1) is 0 Å². The zero-order valence-corrected chi connectivity index (χ0v) is 28.9. The van der Waals surface area contributed by atoms with Gasteiger partial charge in [0, 0.05) is 38.4 Å². The lowest BCUT2D eigenvalue weighted by molar-refractivity contribution is 0.661. The maximum absolute atomic E-state index is 9.87. The molecule has 2 aromatic heterocycles. The number of para-hydroxylation sites is 2. The quantitative estimate of drug-likeness (QED) is 0.188. The molecule has 9 aromatic rings. The third-order valence-electron chi connectivity index (χ3n) is 11.0. The van der Waals surface area contributed by atoms with Gasteiger partial charge in [-0.3, -0.25) is 0 Å².